The van der Waals surface area contributed by atoms with Gasteiger partial charge in [0.1, 0.15) is 6.20 Å². The summed E-state index contributed by atoms with van der Waals surface area (Å²) in [7, 11) is 3.03. The van der Waals surface area contributed by atoms with Crippen molar-refractivity contribution < 1.29 is 19.2 Å². The molecule has 3 aromatic rings. The Hall–Kier alpha value is -3.73. The van der Waals surface area contributed by atoms with Gasteiger partial charge in [0.25, 0.3) is 5.91 Å². The predicted molar refractivity (Wildman–Crippen MR) is 117 cm³/mol. The maximum absolute atomic E-state index is 12.4. The van der Waals surface area contributed by atoms with E-state index in [2.05, 4.69) is 31.6 Å². The second-order valence-electron chi connectivity index (χ2n) is 6.26. The van der Waals surface area contributed by atoms with E-state index in [0.29, 0.717) is 17.1 Å². The first-order valence-corrected chi connectivity index (χ1v) is 9.72. The highest BCUT2D eigenvalue weighted by atomic mass is 79.9. The fourth-order valence-corrected chi connectivity index (χ4v) is 3.21. The molecule has 0 atom stereocenters. The number of benzene rings is 2. The van der Waals surface area contributed by atoms with Gasteiger partial charge < -0.3 is 9.47 Å². The molecule has 0 aliphatic heterocycles. The van der Waals surface area contributed by atoms with Gasteiger partial charge in [-0.15, -0.1) is 0 Å². The Labute approximate surface area is 185 Å². The Morgan fingerprint density at radius 2 is 2.03 bits per heavy atom. The summed E-state index contributed by atoms with van der Waals surface area (Å²) in [6, 6.07) is 12.5. The molecule has 0 aliphatic carbocycles. The third-order valence-corrected chi connectivity index (χ3v) is 4.67. The van der Waals surface area contributed by atoms with Crippen LogP contribution in [0.3, 0.4) is 0 Å². The van der Waals surface area contributed by atoms with Crippen LogP contribution in [-0.4, -0.2) is 41.0 Å². The summed E-state index contributed by atoms with van der Waals surface area (Å²) >= 11 is 3.37. The Morgan fingerprint density at radius 3 is 2.71 bits per heavy atom. The average molecular weight is 488 g/mol. The minimum Gasteiger partial charge on any atom is -0.493 e. The lowest BCUT2D eigenvalue weighted by Gasteiger charge is -2.07. The van der Waals surface area contributed by atoms with Gasteiger partial charge >= 0.3 is 5.69 Å². The quantitative estimate of drug-likeness (QED) is 0.295. The monoisotopic (exact) mass is 487 g/mol. The molecule has 0 bridgehead atoms. The van der Waals surface area contributed by atoms with Crippen LogP contribution >= 0.6 is 15.9 Å². The SMILES string of the molecule is COc1ccc(C=NNC(=O)c2nn(Cc3cccc(Br)c3)cc2[N+](=O)[O-])cc1OC. The van der Waals surface area contributed by atoms with Gasteiger partial charge in [0.2, 0.25) is 5.69 Å². The van der Waals surface area contributed by atoms with Gasteiger partial charge in [0.05, 0.1) is 31.9 Å². The van der Waals surface area contributed by atoms with Crippen molar-refractivity contribution in [3.05, 3.63) is 80.1 Å². The highest BCUT2D eigenvalue weighted by Crippen LogP contribution is 2.26. The maximum Gasteiger partial charge on any atom is 0.320 e. The van der Waals surface area contributed by atoms with Gasteiger partial charge in [0, 0.05) is 4.47 Å². The summed E-state index contributed by atoms with van der Waals surface area (Å²) in [5.41, 5.74) is 3.03. The summed E-state index contributed by atoms with van der Waals surface area (Å²) in [4.78, 5) is 23.2. The molecule has 1 N–H and O–H groups in total. The number of nitrogens with zero attached hydrogens (tertiary/aromatic N) is 4. The van der Waals surface area contributed by atoms with E-state index >= 15 is 0 Å². The van der Waals surface area contributed by atoms with Crippen LogP contribution in [0.25, 0.3) is 0 Å². The number of nitro groups is 1. The zero-order chi connectivity index (χ0) is 22.4. The normalized spacial score (nSPS) is 10.8. The topological polar surface area (TPSA) is 121 Å². The zero-order valence-electron chi connectivity index (χ0n) is 16.6. The van der Waals surface area contributed by atoms with Crippen molar-refractivity contribution in [2.45, 2.75) is 6.54 Å². The van der Waals surface area contributed by atoms with Crippen LogP contribution in [0.4, 0.5) is 5.69 Å². The fourth-order valence-electron chi connectivity index (χ4n) is 2.76. The second kappa shape index (κ2) is 9.85. The maximum atomic E-state index is 12.4. The summed E-state index contributed by atoms with van der Waals surface area (Å²) in [5, 5.41) is 19.3. The van der Waals surface area contributed by atoms with Crippen LogP contribution in [0.1, 0.15) is 21.6 Å². The number of aromatic nitrogens is 2. The number of methoxy groups -OCH3 is 2. The van der Waals surface area contributed by atoms with E-state index in [9.17, 15) is 14.9 Å². The number of carbonyl (C=O) groups is 1. The van der Waals surface area contributed by atoms with Crippen molar-refractivity contribution in [1.29, 1.82) is 0 Å². The number of rotatable bonds is 8. The lowest BCUT2D eigenvalue weighted by atomic mass is 10.2. The average Bonchev–Trinajstić information content (AvgIpc) is 3.17. The van der Waals surface area contributed by atoms with Crippen molar-refractivity contribution >= 4 is 33.7 Å². The van der Waals surface area contributed by atoms with Crippen LogP contribution in [-0.2, 0) is 6.54 Å². The number of hydrogen-bond acceptors (Lipinski definition) is 7. The molecule has 11 heteroatoms. The number of carbonyl (C=O) groups excluding carboxylic acids is 1. The molecule has 0 aliphatic rings. The summed E-state index contributed by atoms with van der Waals surface area (Å²) in [5.74, 6) is 0.256. The van der Waals surface area contributed by atoms with E-state index in [1.54, 1.807) is 18.2 Å². The number of amides is 1. The first kappa shape index (κ1) is 22.0. The molecule has 0 saturated carbocycles. The predicted octanol–water partition coefficient (Wildman–Crippen LogP) is 3.38. The third kappa shape index (κ3) is 5.45. The first-order chi connectivity index (χ1) is 14.9. The smallest absolute Gasteiger partial charge is 0.320 e. The van der Waals surface area contributed by atoms with Gasteiger partial charge in [-0.3, -0.25) is 19.6 Å². The molecule has 160 valence electrons. The molecule has 31 heavy (non-hydrogen) atoms. The molecule has 0 fully saturated rings. The molecule has 0 unspecified atom stereocenters. The Morgan fingerprint density at radius 1 is 1.26 bits per heavy atom. The van der Waals surface area contributed by atoms with E-state index < -0.39 is 16.5 Å². The zero-order valence-corrected chi connectivity index (χ0v) is 18.2. The van der Waals surface area contributed by atoms with Crippen LogP contribution in [0, 0.1) is 10.1 Å². The van der Waals surface area contributed by atoms with Crippen LogP contribution in [0.15, 0.2) is 58.2 Å². The third-order valence-electron chi connectivity index (χ3n) is 4.18. The van der Waals surface area contributed by atoms with Crippen LogP contribution in [0.2, 0.25) is 0 Å². The van der Waals surface area contributed by atoms with E-state index in [4.69, 9.17) is 9.47 Å². The fraction of sp³-hybridized carbons (Fsp3) is 0.150. The highest BCUT2D eigenvalue weighted by molar-refractivity contribution is 9.10. The highest BCUT2D eigenvalue weighted by Gasteiger charge is 2.25. The Balaban J connectivity index is 1.75. The molecular weight excluding hydrogens is 470 g/mol. The molecule has 3 rings (SSSR count). The van der Waals surface area contributed by atoms with Crippen LogP contribution < -0.4 is 14.9 Å². The number of ether oxygens (including phenoxy) is 2. The van der Waals surface area contributed by atoms with Crippen molar-refractivity contribution in [1.82, 2.24) is 15.2 Å². The lowest BCUT2D eigenvalue weighted by Crippen LogP contribution is -2.19. The van der Waals surface area contributed by atoms with Crippen molar-refractivity contribution in [2.75, 3.05) is 14.2 Å². The summed E-state index contributed by atoms with van der Waals surface area (Å²) in [6.07, 6.45) is 2.60. The number of hydrazone groups is 1. The van der Waals surface area contributed by atoms with Gasteiger partial charge in [-0.25, -0.2) is 5.43 Å². The number of halogens is 1. The van der Waals surface area contributed by atoms with E-state index in [1.807, 2.05) is 24.3 Å². The van der Waals surface area contributed by atoms with E-state index in [-0.39, 0.29) is 12.2 Å². The molecular formula is C20H18BrN5O5. The number of hydrogen-bond donors (Lipinski definition) is 1. The Bertz CT molecular complexity index is 1140. The minimum absolute atomic E-state index is 0.266. The van der Waals surface area contributed by atoms with E-state index in [1.165, 1.54) is 31.3 Å². The largest absolute Gasteiger partial charge is 0.493 e. The molecule has 0 spiro atoms. The van der Waals surface area contributed by atoms with Crippen molar-refractivity contribution in [2.24, 2.45) is 5.10 Å². The first-order valence-electron chi connectivity index (χ1n) is 8.93. The molecule has 2 aromatic carbocycles. The lowest BCUT2D eigenvalue weighted by molar-refractivity contribution is -0.385. The number of nitrogens with one attached hydrogen (secondary N) is 1. The van der Waals surface area contributed by atoms with Gasteiger partial charge in [-0.05, 0) is 41.5 Å². The van der Waals surface area contributed by atoms with E-state index in [0.717, 1.165) is 10.0 Å². The second-order valence-corrected chi connectivity index (χ2v) is 7.18. The summed E-state index contributed by atoms with van der Waals surface area (Å²) in [6.45, 7) is 0.266. The van der Waals surface area contributed by atoms with Crippen molar-refractivity contribution in [3.63, 3.8) is 0 Å². The molecule has 10 nitrogen and oxygen atoms in total. The Kier molecular flexibility index (Phi) is 6.98. The van der Waals surface area contributed by atoms with Gasteiger partial charge in [-0.1, -0.05) is 28.1 Å². The molecule has 0 saturated heterocycles. The molecule has 1 amide bonds. The molecule has 0 radical (unpaired) electrons. The standard InChI is InChI=1S/C20H18BrN5O5/c1-30-17-7-6-13(9-18(17)31-2)10-22-23-20(27)19-16(26(28)29)12-25(24-19)11-14-4-3-5-15(21)8-14/h3-10,12H,11H2,1-2H3,(H,23,27). The van der Waals surface area contributed by atoms with Crippen molar-refractivity contribution in [3.8, 4) is 11.5 Å². The minimum atomic E-state index is -0.795. The van der Waals surface area contributed by atoms with Crippen LogP contribution in [0.5, 0.6) is 11.5 Å². The van der Waals surface area contributed by atoms with Gasteiger partial charge in [-0.2, -0.15) is 10.2 Å². The molecule has 1 heterocycles. The summed E-state index contributed by atoms with van der Waals surface area (Å²) < 4.78 is 12.6. The molecule has 1 aromatic heterocycles. The van der Waals surface area contributed by atoms with Gasteiger partial charge in [0.15, 0.2) is 11.5 Å².